The number of hydrogen-bond acceptors (Lipinski definition) is 6. The zero-order valence-corrected chi connectivity index (χ0v) is 17.3. The maximum atomic E-state index is 11.8. The van der Waals surface area contributed by atoms with Gasteiger partial charge in [0.15, 0.2) is 0 Å². The Bertz CT molecular complexity index is 1100. The highest BCUT2D eigenvalue weighted by Gasteiger charge is 2.27. The average Bonchev–Trinajstić information content (AvgIpc) is 2.72. The summed E-state index contributed by atoms with van der Waals surface area (Å²) in [4.78, 5) is 0. The Hall–Kier alpha value is -2.00. The first-order chi connectivity index (χ1) is 13.1. The Balaban J connectivity index is 2.07. The molecule has 0 aromatic heterocycles. The molecular weight excluding hydrogens is 400 g/mol. The van der Waals surface area contributed by atoms with E-state index in [-0.39, 0.29) is 6.61 Å². The fraction of sp³-hybridized carbons (Fsp3) is 0.300. The molecule has 1 atom stereocenters. The maximum Gasteiger partial charge on any atom is 0.264 e. The molecule has 1 aliphatic rings. The third-order valence-electron chi connectivity index (χ3n) is 4.37. The van der Waals surface area contributed by atoms with Gasteiger partial charge in [0.2, 0.25) is 0 Å². The molecule has 150 valence electrons. The van der Waals surface area contributed by atoms with E-state index >= 15 is 0 Å². The third kappa shape index (κ3) is 5.29. The van der Waals surface area contributed by atoms with Crippen LogP contribution in [0.5, 0.6) is 0 Å². The highest BCUT2D eigenvalue weighted by Crippen LogP contribution is 2.39. The lowest BCUT2D eigenvalue weighted by atomic mass is 9.93. The van der Waals surface area contributed by atoms with Crippen LogP contribution in [0.2, 0.25) is 0 Å². The molecule has 3 rings (SSSR count). The quantitative estimate of drug-likeness (QED) is 0.525. The van der Waals surface area contributed by atoms with Crippen LogP contribution in [-0.4, -0.2) is 36.0 Å². The van der Waals surface area contributed by atoms with Crippen molar-refractivity contribution >= 4 is 25.8 Å². The molecule has 2 aromatic carbocycles. The zero-order chi connectivity index (χ0) is 20.4. The van der Waals surface area contributed by atoms with E-state index in [1.54, 1.807) is 0 Å². The SMILES string of the molecule is CS(=O)(=O)OCC/C=C1/c2ccccc2C[C@@H](OS(C)(=O)=O)c2ccccc21. The molecule has 1 aliphatic carbocycles. The Morgan fingerprint density at radius 1 is 0.929 bits per heavy atom. The van der Waals surface area contributed by atoms with Crippen LogP contribution in [0.1, 0.15) is 34.8 Å². The number of fused-ring (bicyclic) bond motifs is 2. The van der Waals surface area contributed by atoms with Gasteiger partial charge in [-0.25, -0.2) is 0 Å². The molecule has 6 nitrogen and oxygen atoms in total. The Morgan fingerprint density at radius 3 is 2.25 bits per heavy atom. The van der Waals surface area contributed by atoms with Crippen LogP contribution in [0.4, 0.5) is 0 Å². The van der Waals surface area contributed by atoms with Crippen molar-refractivity contribution in [2.24, 2.45) is 0 Å². The minimum Gasteiger partial charge on any atom is -0.270 e. The first kappa shape index (κ1) is 20.7. The standard InChI is InChI=1S/C20H22O6S2/c1-27(21,22)25-13-7-12-17-16-9-4-3-8-15(16)14-20(26-28(2,23)24)19-11-6-5-10-18(17)19/h3-6,8-12,20H,7,13-14H2,1-2H3/b17-12-/t20-/m1/s1. The monoisotopic (exact) mass is 422 g/mol. The molecule has 0 amide bonds. The molecule has 0 unspecified atom stereocenters. The summed E-state index contributed by atoms with van der Waals surface area (Å²) in [7, 11) is -7.15. The van der Waals surface area contributed by atoms with Crippen LogP contribution in [0, 0.1) is 0 Å². The summed E-state index contributed by atoms with van der Waals surface area (Å²) >= 11 is 0. The summed E-state index contributed by atoms with van der Waals surface area (Å²) in [5.74, 6) is 0. The summed E-state index contributed by atoms with van der Waals surface area (Å²) in [6, 6.07) is 15.2. The van der Waals surface area contributed by atoms with Crippen molar-refractivity contribution in [1.82, 2.24) is 0 Å². The summed E-state index contributed by atoms with van der Waals surface area (Å²) < 4.78 is 56.2. The third-order valence-corrected chi connectivity index (χ3v) is 5.54. The van der Waals surface area contributed by atoms with Gasteiger partial charge in [-0.05, 0) is 34.2 Å². The first-order valence-electron chi connectivity index (χ1n) is 8.74. The van der Waals surface area contributed by atoms with Gasteiger partial charge < -0.3 is 0 Å². The molecule has 28 heavy (non-hydrogen) atoms. The van der Waals surface area contributed by atoms with E-state index in [2.05, 4.69) is 0 Å². The van der Waals surface area contributed by atoms with Crippen molar-refractivity contribution in [1.29, 1.82) is 0 Å². The Morgan fingerprint density at radius 2 is 1.57 bits per heavy atom. The van der Waals surface area contributed by atoms with Gasteiger partial charge in [0.1, 0.15) is 6.10 Å². The molecule has 2 aromatic rings. The zero-order valence-electron chi connectivity index (χ0n) is 15.7. The summed E-state index contributed by atoms with van der Waals surface area (Å²) in [5, 5.41) is 0. The minimum absolute atomic E-state index is 0.0376. The molecule has 0 saturated carbocycles. The predicted octanol–water partition coefficient (Wildman–Crippen LogP) is 3.06. The summed E-state index contributed by atoms with van der Waals surface area (Å²) in [6.07, 6.45) is 4.16. The molecule has 0 heterocycles. The van der Waals surface area contributed by atoms with Crippen molar-refractivity contribution in [2.75, 3.05) is 19.1 Å². The van der Waals surface area contributed by atoms with Crippen molar-refractivity contribution in [3.8, 4) is 0 Å². The summed E-state index contributed by atoms with van der Waals surface area (Å²) in [6.45, 7) is 0.0376. The van der Waals surface area contributed by atoms with Crippen LogP contribution in [0.25, 0.3) is 5.57 Å². The lowest BCUT2D eigenvalue weighted by Crippen LogP contribution is -2.13. The second-order valence-corrected chi connectivity index (χ2v) is 9.91. The number of rotatable bonds is 6. The second kappa shape index (κ2) is 8.16. The lowest BCUT2D eigenvalue weighted by molar-refractivity contribution is 0.216. The molecule has 0 spiro atoms. The van der Waals surface area contributed by atoms with Gasteiger partial charge in [-0.3, -0.25) is 8.37 Å². The topological polar surface area (TPSA) is 86.7 Å². The van der Waals surface area contributed by atoms with Crippen molar-refractivity contribution in [3.63, 3.8) is 0 Å². The van der Waals surface area contributed by atoms with Gasteiger partial charge >= 0.3 is 0 Å². The van der Waals surface area contributed by atoms with E-state index in [0.717, 1.165) is 40.3 Å². The van der Waals surface area contributed by atoms with Crippen molar-refractivity contribution in [2.45, 2.75) is 18.9 Å². The molecule has 0 bridgehead atoms. The Labute approximate surface area is 166 Å². The van der Waals surface area contributed by atoms with Gasteiger partial charge in [-0.2, -0.15) is 16.8 Å². The van der Waals surface area contributed by atoms with Crippen LogP contribution in [-0.2, 0) is 35.0 Å². The van der Waals surface area contributed by atoms with E-state index in [1.807, 2.05) is 54.6 Å². The molecule has 0 radical (unpaired) electrons. The number of benzene rings is 2. The van der Waals surface area contributed by atoms with E-state index in [1.165, 1.54) is 0 Å². The molecular formula is C20H22O6S2. The fourth-order valence-corrected chi connectivity index (χ4v) is 4.35. The van der Waals surface area contributed by atoms with E-state index in [9.17, 15) is 16.8 Å². The largest absolute Gasteiger partial charge is 0.270 e. The predicted molar refractivity (Wildman–Crippen MR) is 108 cm³/mol. The van der Waals surface area contributed by atoms with Gasteiger partial charge in [0.25, 0.3) is 20.2 Å². The van der Waals surface area contributed by atoms with E-state index in [0.29, 0.717) is 12.8 Å². The van der Waals surface area contributed by atoms with Gasteiger partial charge in [0, 0.05) is 6.42 Å². The van der Waals surface area contributed by atoms with E-state index in [4.69, 9.17) is 8.37 Å². The van der Waals surface area contributed by atoms with Gasteiger partial charge in [0.05, 0.1) is 19.1 Å². The summed E-state index contributed by atoms with van der Waals surface area (Å²) in [5.41, 5.74) is 4.47. The molecule has 0 saturated heterocycles. The maximum absolute atomic E-state index is 11.8. The lowest BCUT2D eigenvalue weighted by Gasteiger charge is -2.17. The smallest absolute Gasteiger partial charge is 0.264 e. The fourth-order valence-electron chi connectivity index (χ4n) is 3.36. The molecule has 0 aliphatic heterocycles. The van der Waals surface area contributed by atoms with Crippen LogP contribution in [0.3, 0.4) is 0 Å². The normalized spacial score (nSPS) is 18.4. The molecule has 8 heteroatoms. The van der Waals surface area contributed by atoms with Gasteiger partial charge in [-0.15, -0.1) is 0 Å². The van der Waals surface area contributed by atoms with E-state index < -0.39 is 26.3 Å². The van der Waals surface area contributed by atoms with Gasteiger partial charge in [-0.1, -0.05) is 54.6 Å². The van der Waals surface area contributed by atoms with Crippen LogP contribution in [0.15, 0.2) is 54.6 Å². The van der Waals surface area contributed by atoms with Crippen molar-refractivity contribution in [3.05, 3.63) is 76.9 Å². The number of hydrogen-bond donors (Lipinski definition) is 0. The van der Waals surface area contributed by atoms with Crippen LogP contribution < -0.4 is 0 Å². The first-order valence-corrected chi connectivity index (χ1v) is 12.4. The highest BCUT2D eigenvalue weighted by molar-refractivity contribution is 7.86. The minimum atomic E-state index is -3.65. The Kier molecular flexibility index (Phi) is 6.04. The molecule has 0 fully saturated rings. The highest BCUT2D eigenvalue weighted by atomic mass is 32.2. The molecule has 0 N–H and O–H groups in total. The van der Waals surface area contributed by atoms with Crippen LogP contribution >= 0.6 is 0 Å². The average molecular weight is 423 g/mol. The van der Waals surface area contributed by atoms with Crippen molar-refractivity contribution < 1.29 is 25.2 Å². The second-order valence-electron chi connectivity index (χ2n) is 6.67.